The normalized spacial score (nSPS) is 10.6. The van der Waals surface area contributed by atoms with Gasteiger partial charge in [0.05, 0.1) is 0 Å². The second kappa shape index (κ2) is 6.24. The molecule has 0 saturated carbocycles. The van der Waals surface area contributed by atoms with Crippen molar-refractivity contribution in [2.75, 3.05) is 38.5 Å². The number of hydrazine groups is 1. The summed E-state index contributed by atoms with van der Waals surface area (Å²) in [6.07, 6.45) is 0. The molecule has 90 valence electrons. The number of nitrogens with zero attached hydrogens (tertiary/aromatic N) is 3. The van der Waals surface area contributed by atoms with Crippen LogP contribution in [0.15, 0.2) is 6.07 Å². The molecule has 16 heavy (non-hydrogen) atoms. The minimum atomic E-state index is 0.425. The molecule has 1 heterocycles. The molecular formula is C10H19N5O. The second-order valence-corrected chi connectivity index (χ2v) is 3.45. The van der Waals surface area contributed by atoms with Crippen molar-refractivity contribution >= 4 is 11.6 Å². The number of rotatable bonds is 6. The van der Waals surface area contributed by atoms with E-state index in [-0.39, 0.29) is 0 Å². The molecule has 0 unspecified atom stereocenters. The van der Waals surface area contributed by atoms with Gasteiger partial charge in [-0.3, -0.25) is 0 Å². The van der Waals surface area contributed by atoms with Gasteiger partial charge >= 0.3 is 0 Å². The number of aromatic nitrogens is 2. The minimum Gasteiger partial charge on any atom is -0.374 e. The van der Waals surface area contributed by atoms with Crippen LogP contribution in [0.5, 0.6) is 0 Å². The van der Waals surface area contributed by atoms with Gasteiger partial charge in [-0.15, -0.1) is 0 Å². The maximum Gasteiger partial charge on any atom is 0.158 e. The van der Waals surface area contributed by atoms with E-state index in [9.17, 15) is 0 Å². The number of nitrogens with one attached hydrogen (secondary N) is 2. The average Bonchev–Trinajstić information content (AvgIpc) is 2.25. The molecule has 6 nitrogen and oxygen atoms in total. The maximum atomic E-state index is 5.28. The highest BCUT2D eigenvalue weighted by molar-refractivity contribution is 5.46. The van der Waals surface area contributed by atoms with Crippen LogP contribution in [0.2, 0.25) is 0 Å². The molecule has 0 aliphatic carbocycles. The van der Waals surface area contributed by atoms with Gasteiger partial charge in [-0.05, 0) is 6.92 Å². The zero-order chi connectivity index (χ0) is 12.0. The molecular weight excluding hydrogens is 206 g/mol. The Balaban J connectivity index is 2.82. The summed E-state index contributed by atoms with van der Waals surface area (Å²) in [6, 6.07) is 1.84. The Morgan fingerprint density at radius 3 is 2.56 bits per heavy atom. The highest BCUT2D eigenvalue weighted by Gasteiger charge is 2.04. The van der Waals surface area contributed by atoms with Gasteiger partial charge in [-0.2, -0.15) is 0 Å². The van der Waals surface area contributed by atoms with Gasteiger partial charge in [-0.1, -0.05) is 0 Å². The summed E-state index contributed by atoms with van der Waals surface area (Å²) >= 11 is 0. The zero-order valence-electron chi connectivity index (χ0n) is 10.2. The first-order valence-electron chi connectivity index (χ1n) is 5.23. The molecule has 2 N–H and O–H groups in total. The van der Waals surface area contributed by atoms with Gasteiger partial charge in [0.2, 0.25) is 0 Å². The van der Waals surface area contributed by atoms with E-state index in [0.29, 0.717) is 19.0 Å². The van der Waals surface area contributed by atoms with Crippen molar-refractivity contribution in [2.45, 2.75) is 13.5 Å². The van der Waals surface area contributed by atoms with Gasteiger partial charge in [0.1, 0.15) is 18.2 Å². The molecule has 0 bridgehead atoms. The SMILES string of the molecule is CCOCc1nc(NC)cc(NN(C)C)n1. The fraction of sp³-hybridized carbons (Fsp3) is 0.600. The molecule has 1 aromatic heterocycles. The van der Waals surface area contributed by atoms with Crippen molar-refractivity contribution in [1.82, 2.24) is 15.0 Å². The lowest BCUT2D eigenvalue weighted by Gasteiger charge is -2.14. The lowest BCUT2D eigenvalue weighted by Crippen LogP contribution is -2.21. The van der Waals surface area contributed by atoms with Crippen LogP contribution < -0.4 is 10.7 Å². The Kier molecular flexibility index (Phi) is 4.94. The van der Waals surface area contributed by atoms with Crippen molar-refractivity contribution in [1.29, 1.82) is 0 Å². The Morgan fingerprint density at radius 2 is 2.00 bits per heavy atom. The van der Waals surface area contributed by atoms with E-state index in [0.717, 1.165) is 11.6 Å². The van der Waals surface area contributed by atoms with Crippen molar-refractivity contribution < 1.29 is 4.74 Å². The highest BCUT2D eigenvalue weighted by Crippen LogP contribution is 2.11. The molecule has 0 aliphatic heterocycles. The molecule has 1 rings (SSSR count). The lowest BCUT2D eigenvalue weighted by molar-refractivity contribution is 0.128. The molecule has 0 aromatic carbocycles. The van der Waals surface area contributed by atoms with Crippen molar-refractivity contribution in [2.24, 2.45) is 0 Å². The quantitative estimate of drug-likeness (QED) is 0.703. The molecule has 0 saturated heterocycles. The zero-order valence-corrected chi connectivity index (χ0v) is 10.2. The van der Waals surface area contributed by atoms with E-state index in [1.807, 2.05) is 39.1 Å². The van der Waals surface area contributed by atoms with Crippen LogP contribution in [0.1, 0.15) is 12.7 Å². The smallest absolute Gasteiger partial charge is 0.158 e. The number of hydrogen-bond donors (Lipinski definition) is 2. The first-order valence-corrected chi connectivity index (χ1v) is 5.23. The first kappa shape index (κ1) is 12.7. The fourth-order valence-corrected chi connectivity index (χ4v) is 1.17. The fourth-order valence-electron chi connectivity index (χ4n) is 1.17. The van der Waals surface area contributed by atoms with E-state index in [1.165, 1.54) is 0 Å². The third kappa shape index (κ3) is 4.00. The summed E-state index contributed by atoms with van der Waals surface area (Å²) in [5.74, 6) is 2.19. The Morgan fingerprint density at radius 1 is 1.31 bits per heavy atom. The van der Waals surface area contributed by atoms with Crippen LogP contribution in [0, 0.1) is 0 Å². The predicted octanol–water partition coefficient (Wildman–Crippen LogP) is 0.943. The second-order valence-electron chi connectivity index (χ2n) is 3.45. The van der Waals surface area contributed by atoms with Gasteiger partial charge < -0.3 is 15.5 Å². The summed E-state index contributed by atoms with van der Waals surface area (Å²) < 4.78 is 5.28. The van der Waals surface area contributed by atoms with Crippen LogP contribution in [0.4, 0.5) is 11.6 Å². The van der Waals surface area contributed by atoms with Crippen LogP contribution >= 0.6 is 0 Å². The minimum absolute atomic E-state index is 0.425. The van der Waals surface area contributed by atoms with Gasteiger partial charge in [0.25, 0.3) is 0 Å². The molecule has 0 spiro atoms. The number of anilines is 2. The van der Waals surface area contributed by atoms with E-state index in [1.54, 1.807) is 0 Å². The van der Waals surface area contributed by atoms with Crippen molar-refractivity contribution in [3.8, 4) is 0 Å². The summed E-state index contributed by atoms with van der Waals surface area (Å²) in [5.41, 5.74) is 3.08. The van der Waals surface area contributed by atoms with Crippen LogP contribution in [-0.2, 0) is 11.3 Å². The third-order valence-electron chi connectivity index (χ3n) is 1.80. The van der Waals surface area contributed by atoms with Crippen LogP contribution in [0.3, 0.4) is 0 Å². The summed E-state index contributed by atoms with van der Waals surface area (Å²) in [5, 5.41) is 4.82. The topological polar surface area (TPSA) is 62.3 Å². The molecule has 0 aliphatic rings. The van der Waals surface area contributed by atoms with Crippen LogP contribution in [0.25, 0.3) is 0 Å². The molecule has 0 radical (unpaired) electrons. The van der Waals surface area contributed by atoms with E-state index in [2.05, 4.69) is 20.7 Å². The van der Waals surface area contributed by atoms with Gasteiger partial charge in [-0.25, -0.2) is 15.0 Å². The Hall–Kier alpha value is -1.40. The van der Waals surface area contributed by atoms with Crippen LogP contribution in [-0.4, -0.2) is 42.7 Å². The summed E-state index contributed by atoms with van der Waals surface area (Å²) in [7, 11) is 5.64. The molecule has 0 fully saturated rings. The van der Waals surface area contributed by atoms with E-state index in [4.69, 9.17) is 4.74 Å². The molecule has 1 aromatic rings. The molecule has 6 heteroatoms. The Labute approximate surface area is 96.0 Å². The largest absolute Gasteiger partial charge is 0.374 e. The maximum absolute atomic E-state index is 5.28. The highest BCUT2D eigenvalue weighted by atomic mass is 16.5. The summed E-state index contributed by atoms with van der Waals surface area (Å²) in [4.78, 5) is 8.62. The number of ether oxygens (including phenoxy) is 1. The van der Waals surface area contributed by atoms with Crippen molar-refractivity contribution in [3.05, 3.63) is 11.9 Å². The Bertz CT molecular complexity index is 329. The number of hydrogen-bond acceptors (Lipinski definition) is 6. The predicted molar refractivity (Wildman–Crippen MR) is 64.2 cm³/mol. The average molecular weight is 225 g/mol. The molecule has 0 atom stereocenters. The van der Waals surface area contributed by atoms with Gasteiger partial charge in [0, 0.05) is 33.8 Å². The molecule has 0 amide bonds. The van der Waals surface area contributed by atoms with Crippen molar-refractivity contribution in [3.63, 3.8) is 0 Å². The third-order valence-corrected chi connectivity index (χ3v) is 1.80. The van der Waals surface area contributed by atoms with E-state index >= 15 is 0 Å². The van der Waals surface area contributed by atoms with E-state index < -0.39 is 0 Å². The summed E-state index contributed by atoms with van der Waals surface area (Å²) in [6.45, 7) is 3.03. The lowest BCUT2D eigenvalue weighted by atomic mass is 10.5. The standard InChI is InChI=1S/C10H19N5O/c1-5-16-7-10-12-8(11-2)6-9(13-10)14-15(3)4/h6H,5,7H2,1-4H3,(H2,11,12,13,14). The monoisotopic (exact) mass is 225 g/mol. The van der Waals surface area contributed by atoms with Gasteiger partial charge in [0.15, 0.2) is 5.82 Å². The first-order chi connectivity index (χ1) is 7.65.